The number of rotatable bonds is 1. The van der Waals surface area contributed by atoms with E-state index in [2.05, 4.69) is 25.1 Å². The molecule has 0 spiro atoms. The molecule has 98 valence electrons. The number of nitrogens with one attached hydrogen (secondary N) is 1. The highest BCUT2D eigenvalue weighted by Gasteiger charge is 2.14. The third kappa shape index (κ3) is 1.47. The average Bonchev–Trinajstić information content (AvgIpc) is 3.03. The molecule has 0 unspecified atom stereocenters. The number of fused-ring (bicyclic) bond motifs is 3. The second-order valence-electron chi connectivity index (χ2n) is 4.29. The number of anilines is 1. The van der Waals surface area contributed by atoms with Crippen molar-refractivity contribution in [1.29, 1.82) is 0 Å². The molecule has 7 nitrogen and oxygen atoms in total. The molecule has 4 aromatic rings. The number of benzene rings is 1. The molecule has 0 aliphatic rings. The number of aromatic nitrogens is 6. The molecule has 20 heavy (non-hydrogen) atoms. The molecule has 1 aromatic carbocycles. The van der Waals surface area contributed by atoms with E-state index in [1.54, 1.807) is 29.2 Å². The number of hydrogen-bond acceptors (Lipinski definition) is 5. The maximum atomic E-state index is 5.99. The summed E-state index contributed by atoms with van der Waals surface area (Å²) in [5.41, 5.74) is 9.26. The fourth-order valence-electron chi connectivity index (χ4n) is 2.15. The Balaban J connectivity index is 2.05. The average molecular weight is 286 g/mol. The summed E-state index contributed by atoms with van der Waals surface area (Å²) in [6.07, 6.45) is 3.20. The predicted octanol–water partition coefficient (Wildman–Crippen LogP) is 1.90. The summed E-state index contributed by atoms with van der Waals surface area (Å²) in [5.74, 6) is 0.609. The maximum absolute atomic E-state index is 5.99. The molecular formula is C12H8ClN7. The molecule has 0 saturated heterocycles. The summed E-state index contributed by atoms with van der Waals surface area (Å²) in [6, 6.07) is 5.25. The molecule has 0 atom stereocenters. The van der Waals surface area contributed by atoms with Gasteiger partial charge in [0.1, 0.15) is 11.8 Å². The van der Waals surface area contributed by atoms with E-state index < -0.39 is 0 Å². The number of nitrogens with two attached hydrogens (primary N) is 1. The van der Waals surface area contributed by atoms with Crippen LogP contribution in [0.3, 0.4) is 0 Å². The zero-order valence-electron chi connectivity index (χ0n) is 10.1. The molecule has 0 fully saturated rings. The van der Waals surface area contributed by atoms with Gasteiger partial charge in [0.2, 0.25) is 0 Å². The van der Waals surface area contributed by atoms with Gasteiger partial charge in [-0.05, 0) is 18.2 Å². The van der Waals surface area contributed by atoms with E-state index in [1.165, 1.54) is 0 Å². The largest absolute Gasteiger partial charge is 0.398 e. The molecule has 0 saturated carbocycles. The van der Waals surface area contributed by atoms with Crippen LogP contribution in [0, 0.1) is 0 Å². The topological polar surface area (TPSA) is 97.8 Å². The molecule has 0 radical (unpaired) electrons. The van der Waals surface area contributed by atoms with Crippen LogP contribution < -0.4 is 5.73 Å². The van der Waals surface area contributed by atoms with Gasteiger partial charge in [-0.15, -0.1) is 10.2 Å². The van der Waals surface area contributed by atoms with Crippen molar-refractivity contribution in [3.8, 4) is 11.4 Å². The van der Waals surface area contributed by atoms with Crippen LogP contribution in [-0.2, 0) is 0 Å². The Morgan fingerprint density at radius 1 is 1.20 bits per heavy atom. The SMILES string of the molecule is Nc1cc(Cl)ccc1-c1nnc2c3[nH]cnc3ncn12. The Hall–Kier alpha value is -2.67. The molecule has 0 amide bonds. The minimum atomic E-state index is 0.538. The zero-order valence-corrected chi connectivity index (χ0v) is 10.8. The van der Waals surface area contributed by atoms with E-state index >= 15 is 0 Å². The number of H-pyrrole nitrogens is 1. The van der Waals surface area contributed by atoms with Gasteiger partial charge >= 0.3 is 0 Å². The van der Waals surface area contributed by atoms with Crippen molar-refractivity contribution in [3.63, 3.8) is 0 Å². The minimum absolute atomic E-state index is 0.538. The van der Waals surface area contributed by atoms with Crippen molar-refractivity contribution in [2.45, 2.75) is 0 Å². The third-order valence-corrected chi connectivity index (χ3v) is 3.32. The molecule has 0 aliphatic carbocycles. The van der Waals surface area contributed by atoms with Gasteiger partial charge < -0.3 is 10.7 Å². The first-order valence-electron chi connectivity index (χ1n) is 5.82. The summed E-state index contributed by atoms with van der Waals surface area (Å²) in [7, 11) is 0. The second kappa shape index (κ2) is 3.91. The minimum Gasteiger partial charge on any atom is -0.398 e. The Morgan fingerprint density at radius 3 is 2.95 bits per heavy atom. The fraction of sp³-hybridized carbons (Fsp3) is 0. The van der Waals surface area contributed by atoms with Crippen molar-refractivity contribution in [1.82, 2.24) is 29.5 Å². The number of imidazole rings is 1. The molecule has 3 heterocycles. The van der Waals surface area contributed by atoms with E-state index in [1.807, 2.05) is 6.07 Å². The van der Waals surface area contributed by atoms with Crippen LogP contribution in [0.4, 0.5) is 5.69 Å². The lowest BCUT2D eigenvalue weighted by molar-refractivity contribution is 1.09. The van der Waals surface area contributed by atoms with E-state index in [0.29, 0.717) is 27.8 Å². The van der Waals surface area contributed by atoms with E-state index in [9.17, 15) is 0 Å². The zero-order chi connectivity index (χ0) is 13.7. The lowest BCUT2D eigenvalue weighted by Crippen LogP contribution is -1.96. The summed E-state index contributed by atoms with van der Waals surface area (Å²) >= 11 is 5.91. The lowest BCUT2D eigenvalue weighted by atomic mass is 10.1. The van der Waals surface area contributed by atoms with Crippen LogP contribution in [0.25, 0.3) is 28.2 Å². The lowest BCUT2D eigenvalue weighted by Gasteiger charge is -2.04. The normalized spacial score (nSPS) is 11.4. The van der Waals surface area contributed by atoms with E-state index in [-0.39, 0.29) is 0 Å². The summed E-state index contributed by atoms with van der Waals surface area (Å²) < 4.78 is 1.76. The van der Waals surface area contributed by atoms with Gasteiger partial charge in [-0.1, -0.05) is 11.6 Å². The molecular weight excluding hydrogens is 278 g/mol. The summed E-state index contributed by atoms with van der Waals surface area (Å²) in [6.45, 7) is 0. The molecule has 3 N–H and O–H groups in total. The Kier molecular flexibility index (Phi) is 2.19. The summed E-state index contributed by atoms with van der Waals surface area (Å²) in [4.78, 5) is 11.3. The van der Waals surface area contributed by atoms with Gasteiger partial charge in [-0.2, -0.15) is 0 Å². The smallest absolute Gasteiger partial charge is 0.190 e. The first-order chi connectivity index (χ1) is 9.74. The van der Waals surface area contributed by atoms with Crippen molar-refractivity contribution >= 4 is 34.1 Å². The van der Waals surface area contributed by atoms with Crippen molar-refractivity contribution in [3.05, 3.63) is 35.9 Å². The van der Waals surface area contributed by atoms with Crippen LogP contribution >= 0.6 is 11.6 Å². The highest BCUT2D eigenvalue weighted by molar-refractivity contribution is 6.31. The number of hydrogen-bond donors (Lipinski definition) is 2. The number of nitrogen functional groups attached to an aromatic ring is 1. The molecule has 4 rings (SSSR count). The first-order valence-corrected chi connectivity index (χ1v) is 6.20. The van der Waals surface area contributed by atoms with Crippen LogP contribution in [-0.4, -0.2) is 29.5 Å². The van der Waals surface area contributed by atoms with Crippen LogP contribution in [0.15, 0.2) is 30.9 Å². The first kappa shape index (κ1) is 11.2. The van der Waals surface area contributed by atoms with Gasteiger partial charge in [0.05, 0.1) is 6.33 Å². The predicted molar refractivity (Wildman–Crippen MR) is 75.3 cm³/mol. The molecule has 0 bridgehead atoms. The Morgan fingerprint density at radius 2 is 2.10 bits per heavy atom. The highest BCUT2D eigenvalue weighted by Crippen LogP contribution is 2.28. The second-order valence-corrected chi connectivity index (χ2v) is 4.73. The number of aromatic amines is 1. The van der Waals surface area contributed by atoms with Crippen LogP contribution in [0.2, 0.25) is 5.02 Å². The number of halogens is 1. The summed E-state index contributed by atoms with van der Waals surface area (Å²) in [5, 5.41) is 8.94. The van der Waals surface area contributed by atoms with Crippen LogP contribution in [0.5, 0.6) is 0 Å². The quantitative estimate of drug-likeness (QED) is 0.521. The van der Waals surface area contributed by atoms with Crippen molar-refractivity contribution in [2.24, 2.45) is 0 Å². The molecule has 3 aromatic heterocycles. The van der Waals surface area contributed by atoms with Gasteiger partial charge in [-0.25, -0.2) is 9.97 Å². The molecule has 0 aliphatic heterocycles. The maximum Gasteiger partial charge on any atom is 0.190 e. The Labute approximate surface area is 117 Å². The third-order valence-electron chi connectivity index (χ3n) is 3.09. The van der Waals surface area contributed by atoms with Gasteiger partial charge in [0, 0.05) is 16.3 Å². The van der Waals surface area contributed by atoms with Gasteiger partial charge in [0.15, 0.2) is 17.1 Å². The van der Waals surface area contributed by atoms with Crippen LogP contribution in [0.1, 0.15) is 0 Å². The number of nitrogens with zero attached hydrogens (tertiary/aromatic N) is 5. The van der Waals surface area contributed by atoms with Gasteiger partial charge in [-0.3, -0.25) is 4.40 Å². The molecule has 8 heteroatoms. The van der Waals surface area contributed by atoms with Crippen molar-refractivity contribution in [2.75, 3.05) is 5.73 Å². The van der Waals surface area contributed by atoms with Gasteiger partial charge in [0.25, 0.3) is 0 Å². The standard InChI is InChI=1S/C12H8ClN7/c13-6-1-2-7(8(14)3-6)11-18-19-12-9-10(16-4-15-9)17-5-20(11)12/h1-5H,14H2,(H,15,16). The van der Waals surface area contributed by atoms with E-state index in [0.717, 1.165) is 11.1 Å². The Bertz CT molecular complexity index is 939. The fourth-order valence-corrected chi connectivity index (χ4v) is 2.33. The van der Waals surface area contributed by atoms with E-state index in [4.69, 9.17) is 17.3 Å². The monoisotopic (exact) mass is 285 g/mol. The highest BCUT2D eigenvalue weighted by atomic mass is 35.5. The van der Waals surface area contributed by atoms with Crippen molar-refractivity contribution < 1.29 is 0 Å².